The lowest BCUT2D eigenvalue weighted by atomic mass is 9.92. The second-order valence-electron chi connectivity index (χ2n) is 5.22. The van der Waals surface area contributed by atoms with Gasteiger partial charge in [-0.05, 0) is 43.7 Å². The standard InChI is InChI=1S/C18H13F3N2/c1-10-16(12-6-8-13(19)9-7-12)17(11(2)23-22-10)18-14(20)4-3-5-15(18)21/h3-9H,1-2H3. The second kappa shape index (κ2) is 5.83. The molecular formula is C18H13F3N2. The lowest BCUT2D eigenvalue weighted by molar-refractivity contribution is 0.589. The van der Waals surface area contributed by atoms with Crippen LogP contribution in [0.25, 0.3) is 22.3 Å². The van der Waals surface area contributed by atoms with Crippen molar-refractivity contribution in [2.45, 2.75) is 13.8 Å². The number of hydrogen-bond acceptors (Lipinski definition) is 2. The Morgan fingerprint density at radius 3 is 1.74 bits per heavy atom. The van der Waals surface area contributed by atoms with Crippen molar-refractivity contribution in [3.8, 4) is 22.3 Å². The third kappa shape index (κ3) is 2.70. The van der Waals surface area contributed by atoms with E-state index in [2.05, 4.69) is 10.2 Å². The van der Waals surface area contributed by atoms with Crippen LogP contribution in [0.5, 0.6) is 0 Å². The molecule has 0 unspecified atom stereocenters. The van der Waals surface area contributed by atoms with Crippen LogP contribution in [-0.4, -0.2) is 10.2 Å². The zero-order chi connectivity index (χ0) is 16.6. The van der Waals surface area contributed by atoms with Crippen molar-refractivity contribution in [3.63, 3.8) is 0 Å². The van der Waals surface area contributed by atoms with Gasteiger partial charge in [-0.3, -0.25) is 0 Å². The van der Waals surface area contributed by atoms with Crippen molar-refractivity contribution in [2.24, 2.45) is 0 Å². The summed E-state index contributed by atoms with van der Waals surface area (Å²) in [7, 11) is 0. The highest BCUT2D eigenvalue weighted by molar-refractivity contribution is 5.86. The van der Waals surface area contributed by atoms with Gasteiger partial charge in [0, 0.05) is 11.1 Å². The number of aryl methyl sites for hydroxylation is 2. The van der Waals surface area contributed by atoms with Crippen molar-refractivity contribution < 1.29 is 13.2 Å². The number of aromatic nitrogens is 2. The van der Waals surface area contributed by atoms with E-state index in [1.165, 1.54) is 30.3 Å². The summed E-state index contributed by atoms with van der Waals surface area (Å²) in [5, 5.41) is 8.02. The molecule has 0 radical (unpaired) electrons. The third-order valence-electron chi connectivity index (χ3n) is 3.67. The number of rotatable bonds is 2. The fourth-order valence-corrected chi connectivity index (χ4v) is 2.62. The zero-order valence-electron chi connectivity index (χ0n) is 12.6. The minimum absolute atomic E-state index is 0.151. The molecule has 0 aliphatic rings. The topological polar surface area (TPSA) is 25.8 Å². The van der Waals surface area contributed by atoms with Gasteiger partial charge in [0.2, 0.25) is 0 Å². The molecule has 3 aromatic rings. The monoisotopic (exact) mass is 314 g/mol. The van der Waals surface area contributed by atoms with E-state index in [0.29, 0.717) is 28.1 Å². The number of halogens is 3. The molecule has 1 aromatic heterocycles. The summed E-state index contributed by atoms with van der Waals surface area (Å²) in [6, 6.07) is 9.41. The van der Waals surface area contributed by atoms with E-state index in [-0.39, 0.29) is 11.4 Å². The van der Waals surface area contributed by atoms with Crippen molar-refractivity contribution >= 4 is 0 Å². The van der Waals surface area contributed by atoms with E-state index in [0.717, 1.165) is 0 Å². The van der Waals surface area contributed by atoms with Crippen LogP contribution in [0.2, 0.25) is 0 Å². The molecule has 0 spiro atoms. The third-order valence-corrected chi connectivity index (χ3v) is 3.67. The molecule has 0 fully saturated rings. The molecule has 0 saturated heterocycles. The summed E-state index contributed by atoms with van der Waals surface area (Å²) in [5.41, 5.74) is 2.27. The molecule has 0 N–H and O–H groups in total. The lowest BCUT2D eigenvalue weighted by Crippen LogP contribution is -2.02. The van der Waals surface area contributed by atoms with Gasteiger partial charge in [-0.2, -0.15) is 10.2 Å². The Hall–Kier alpha value is -2.69. The first-order valence-corrected chi connectivity index (χ1v) is 7.03. The molecule has 5 heteroatoms. The molecule has 116 valence electrons. The average molecular weight is 314 g/mol. The maximum Gasteiger partial charge on any atom is 0.134 e. The van der Waals surface area contributed by atoms with Crippen LogP contribution in [0, 0.1) is 31.3 Å². The summed E-state index contributed by atoms with van der Waals surface area (Å²) in [5.74, 6) is -1.74. The molecule has 1 heterocycles. The van der Waals surface area contributed by atoms with Crippen LogP contribution in [0.4, 0.5) is 13.2 Å². The molecule has 0 amide bonds. The Morgan fingerprint density at radius 1 is 0.652 bits per heavy atom. The predicted octanol–water partition coefficient (Wildman–Crippen LogP) is 4.84. The first-order chi connectivity index (χ1) is 11.0. The van der Waals surface area contributed by atoms with Crippen LogP contribution in [0.1, 0.15) is 11.4 Å². The Labute approximate surface area is 131 Å². The molecule has 23 heavy (non-hydrogen) atoms. The molecule has 0 atom stereocenters. The lowest BCUT2D eigenvalue weighted by Gasteiger charge is -2.15. The van der Waals surface area contributed by atoms with Crippen LogP contribution in [0.3, 0.4) is 0 Å². The fraction of sp³-hybridized carbons (Fsp3) is 0.111. The highest BCUT2D eigenvalue weighted by atomic mass is 19.1. The van der Waals surface area contributed by atoms with E-state index >= 15 is 0 Å². The van der Waals surface area contributed by atoms with Gasteiger partial charge in [0.1, 0.15) is 17.5 Å². The van der Waals surface area contributed by atoms with Crippen LogP contribution in [0.15, 0.2) is 42.5 Å². The van der Waals surface area contributed by atoms with Crippen molar-refractivity contribution in [1.29, 1.82) is 0 Å². The molecular weight excluding hydrogens is 301 g/mol. The first-order valence-electron chi connectivity index (χ1n) is 7.03. The molecule has 0 saturated carbocycles. The van der Waals surface area contributed by atoms with Gasteiger partial charge in [-0.15, -0.1) is 0 Å². The number of benzene rings is 2. The van der Waals surface area contributed by atoms with Gasteiger partial charge >= 0.3 is 0 Å². The van der Waals surface area contributed by atoms with E-state index in [9.17, 15) is 13.2 Å². The number of hydrogen-bond donors (Lipinski definition) is 0. The van der Waals surface area contributed by atoms with Crippen LogP contribution < -0.4 is 0 Å². The Kier molecular flexibility index (Phi) is 3.86. The van der Waals surface area contributed by atoms with E-state index in [1.54, 1.807) is 26.0 Å². The SMILES string of the molecule is Cc1nnc(C)c(-c2c(F)cccc2F)c1-c1ccc(F)cc1. The normalized spacial score (nSPS) is 10.8. The van der Waals surface area contributed by atoms with Gasteiger partial charge in [0.15, 0.2) is 0 Å². The largest absolute Gasteiger partial charge is 0.207 e. The minimum atomic E-state index is -0.677. The maximum atomic E-state index is 14.3. The smallest absolute Gasteiger partial charge is 0.134 e. The maximum absolute atomic E-state index is 14.3. The first kappa shape index (κ1) is 15.2. The Bertz CT molecular complexity index is 854. The molecule has 0 aliphatic heterocycles. The molecule has 3 rings (SSSR count). The zero-order valence-corrected chi connectivity index (χ0v) is 12.6. The van der Waals surface area contributed by atoms with E-state index < -0.39 is 11.6 Å². The Balaban J connectivity index is 2.37. The van der Waals surface area contributed by atoms with Crippen molar-refractivity contribution in [1.82, 2.24) is 10.2 Å². The van der Waals surface area contributed by atoms with Crippen molar-refractivity contribution in [3.05, 3.63) is 71.3 Å². The highest BCUT2D eigenvalue weighted by Gasteiger charge is 2.21. The van der Waals surface area contributed by atoms with Gasteiger partial charge in [-0.25, -0.2) is 13.2 Å². The van der Waals surface area contributed by atoms with Gasteiger partial charge in [0.25, 0.3) is 0 Å². The van der Waals surface area contributed by atoms with Crippen LogP contribution >= 0.6 is 0 Å². The summed E-state index contributed by atoms with van der Waals surface area (Å²) < 4.78 is 41.7. The summed E-state index contributed by atoms with van der Waals surface area (Å²) in [6.07, 6.45) is 0. The predicted molar refractivity (Wildman–Crippen MR) is 82.3 cm³/mol. The highest BCUT2D eigenvalue weighted by Crippen LogP contribution is 2.38. The quantitative estimate of drug-likeness (QED) is 0.676. The molecule has 0 bridgehead atoms. The Morgan fingerprint density at radius 2 is 1.17 bits per heavy atom. The average Bonchev–Trinajstić information content (AvgIpc) is 2.52. The van der Waals surface area contributed by atoms with Gasteiger partial charge in [0.05, 0.1) is 17.0 Å². The molecule has 2 nitrogen and oxygen atoms in total. The minimum Gasteiger partial charge on any atom is -0.207 e. The molecule has 2 aromatic carbocycles. The van der Waals surface area contributed by atoms with Gasteiger partial charge < -0.3 is 0 Å². The summed E-state index contributed by atoms with van der Waals surface area (Å²) in [6.45, 7) is 3.34. The van der Waals surface area contributed by atoms with Crippen molar-refractivity contribution in [2.75, 3.05) is 0 Å². The van der Waals surface area contributed by atoms with E-state index in [1.807, 2.05) is 0 Å². The summed E-state index contributed by atoms with van der Waals surface area (Å²) in [4.78, 5) is 0. The van der Waals surface area contributed by atoms with Crippen LogP contribution in [-0.2, 0) is 0 Å². The second-order valence-corrected chi connectivity index (χ2v) is 5.22. The summed E-state index contributed by atoms with van der Waals surface area (Å²) >= 11 is 0. The molecule has 0 aliphatic carbocycles. The number of nitrogens with zero attached hydrogens (tertiary/aromatic N) is 2. The van der Waals surface area contributed by atoms with E-state index in [4.69, 9.17) is 0 Å². The van der Waals surface area contributed by atoms with Gasteiger partial charge in [-0.1, -0.05) is 18.2 Å². The fourth-order valence-electron chi connectivity index (χ4n) is 2.62.